The molecule has 1 unspecified atom stereocenters. The van der Waals surface area contributed by atoms with Gasteiger partial charge < -0.3 is 14.4 Å². The molecular weight excluding hydrogens is 562 g/mol. The second-order valence-corrected chi connectivity index (χ2v) is 11.7. The van der Waals surface area contributed by atoms with Crippen LogP contribution < -0.4 is 14.4 Å². The SMILES string of the molecule is c1ccc(-c2ccc(N(c3ccccc3)c3ccc4c(c3)Oc3cccc5c3C4(c3ccccc3)c3ccccc3O5)cc2)cc1. The molecule has 218 valence electrons. The highest BCUT2D eigenvalue weighted by Crippen LogP contribution is 2.62. The number of fused-ring (bicyclic) bond motifs is 4. The van der Waals surface area contributed by atoms with Gasteiger partial charge in [-0.2, -0.15) is 0 Å². The van der Waals surface area contributed by atoms with Crippen molar-refractivity contribution < 1.29 is 9.47 Å². The van der Waals surface area contributed by atoms with E-state index in [-0.39, 0.29) is 0 Å². The monoisotopic (exact) mass is 591 g/mol. The van der Waals surface area contributed by atoms with Crippen molar-refractivity contribution in [3.63, 3.8) is 0 Å². The first kappa shape index (κ1) is 26.4. The molecule has 0 amide bonds. The number of ether oxygens (including phenoxy) is 2. The summed E-state index contributed by atoms with van der Waals surface area (Å²) >= 11 is 0. The first-order valence-corrected chi connectivity index (χ1v) is 15.6. The molecule has 1 atom stereocenters. The molecule has 0 saturated heterocycles. The minimum Gasteiger partial charge on any atom is -0.457 e. The second kappa shape index (κ2) is 10.5. The third-order valence-electron chi connectivity index (χ3n) is 9.18. The van der Waals surface area contributed by atoms with Gasteiger partial charge in [-0.25, -0.2) is 0 Å². The summed E-state index contributed by atoms with van der Waals surface area (Å²) in [4.78, 5) is 2.29. The average Bonchev–Trinajstić information content (AvgIpc) is 3.13. The van der Waals surface area contributed by atoms with Gasteiger partial charge in [0.25, 0.3) is 0 Å². The van der Waals surface area contributed by atoms with E-state index in [1.807, 2.05) is 24.3 Å². The smallest absolute Gasteiger partial charge is 0.135 e. The summed E-state index contributed by atoms with van der Waals surface area (Å²) in [5.74, 6) is 3.31. The average molecular weight is 592 g/mol. The number of hydrogen-bond acceptors (Lipinski definition) is 3. The van der Waals surface area contributed by atoms with Gasteiger partial charge in [0.2, 0.25) is 0 Å². The Hall–Kier alpha value is -6.06. The van der Waals surface area contributed by atoms with Crippen molar-refractivity contribution in [1.29, 1.82) is 0 Å². The molecule has 9 rings (SSSR count). The third-order valence-corrected chi connectivity index (χ3v) is 9.18. The molecule has 0 bridgehead atoms. The number of benzene rings is 7. The summed E-state index contributed by atoms with van der Waals surface area (Å²) in [7, 11) is 0. The summed E-state index contributed by atoms with van der Waals surface area (Å²) < 4.78 is 13.3. The lowest BCUT2D eigenvalue weighted by atomic mass is 9.62. The fourth-order valence-corrected chi connectivity index (χ4v) is 7.21. The molecule has 0 spiro atoms. The Balaban J connectivity index is 1.25. The maximum atomic E-state index is 6.82. The van der Waals surface area contributed by atoms with E-state index in [1.165, 1.54) is 16.7 Å². The van der Waals surface area contributed by atoms with Crippen molar-refractivity contribution >= 4 is 17.1 Å². The molecule has 0 fully saturated rings. The van der Waals surface area contributed by atoms with E-state index in [0.717, 1.165) is 56.8 Å². The Morgan fingerprint density at radius 1 is 0.370 bits per heavy atom. The van der Waals surface area contributed by atoms with Gasteiger partial charge >= 0.3 is 0 Å². The first-order chi connectivity index (χ1) is 22.8. The summed E-state index contributed by atoms with van der Waals surface area (Å²) in [6.45, 7) is 0. The molecule has 2 aliphatic rings. The minimum atomic E-state index is -0.608. The lowest BCUT2D eigenvalue weighted by Crippen LogP contribution is -2.37. The quantitative estimate of drug-likeness (QED) is 0.199. The van der Waals surface area contributed by atoms with Crippen LogP contribution in [0.1, 0.15) is 22.3 Å². The number of hydrogen-bond donors (Lipinski definition) is 0. The number of nitrogens with zero attached hydrogens (tertiary/aromatic N) is 1. The molecule has 2 heterocycles. The van der Waals surface area contributed by atoms with Gasteiger partial charge in [0.1, 0.15) is 23.0 Å². The van der Waals surface area contributed by atoms with Crippen LogP contribution in [0.25, 0.3) is 11.1 Å². The largest absolute Gasteiger partial charge is 0.457 e. The van der Waals surface area contributed by atoms with E-state index in [2.05, 4.69) is 157 Å². The van der Waals surface area contributed by atoms with Crippen molar-refractivity contribution in [2.75, 3.05) is 4.90 Å². The Morgan fingerprint density at radius 3 is 1.63 bits per heavy atom. The van der Waals surface area contributed by atoms with Gasteiger partial charge in [0, 0.05) is 34.3 Å². The predicted octanol–water partition coefficient (Wildman–Crippen LogP) is 11.4. The molecule has 7 aromatic carbocycles. The molecule has 2 aliphatic heterocycles. The van der Waals surface area contributed by atoms with E-state index in [0.29, 0.717) is 0 Å². The molecule has 3 nitrogen and oxygen atoms in total. The number of rotatable bonds is 5. The van der Waals surface area contributed by atoms with Crippen molar-refractivity contribution in [3.8, 4) is 34.1 Å². The van der Waals surface area contributed by atoms with Gasteiger partial charge in [0.05, 0.1) is 11.0 Å². The molecular formula is C43H29NO2. The highest BCUT2D eigenvalue weighted by atomic mass is 16.5. The molecule has 0 saturated carbocycles. The fourth-order valence-electron chi connectivity index (χ4n) is 7.21. The maximum Gasteiger partial charge on any atom is 0.135 e. The summed E-state index contributed by atoms with van der Waals surface area (Å²) in [5.41, 5.74) is 9.33. The van der Waals surface area contributed by atoms with Crippen LogP contribution in [-0.2, 0) is 5.41 Å². The van der Waals surface area contributed by atoms with Crippen LogP contribution in [0.3, 0.4) is 0 Å². The van der Waals surface area contributed by atoms with Gasteiger partial charge in [-0.05, 0) is 65.2 Å². The zero-order valence-corrected chi connectivity index (χ0v) is 25.0. The summed E-state index contributed by atoms with van der Waals surface area (Å²) in [6.07, 6.45) is 0. The van der Waals surface area contributed by atoms with Crippen LogP contribution >= 0.6 is 0 Å². The van der Waals surface area contributed by atoms with Crippen molar-refractivity contribution in [2.45, 2.75) is 5.41 Å². The van der Waals surface area contributed by atoms with Crippen LogP contribution in [0.15, 0.2) is 176 Å². The van der Waals surface area contributed by atoms with Crippen LogP contribution in [0.4, 0.5) is 17.1 Å². The zero-order valence-electron chi connectivity index (χ0n) is 25.0. The Morgan fingerprint density at radius 2 is 0.891 bits per heavy atom. The summed E-state index contributed by atoms with van der Waals surface area (Å²) in [5, 5.41) is 0. The Kier molecular flexibility index (Phi) is 6.04. The highest BCUT2D eigenvalue weighted by Gasteiger charge is 2.51. The van der Waals surface area contributed by atoms with Crippen molar-refractivity contribution in [1.82, 2.24) is 0 Å². The van der Waals surface area contributed by atoms with E-state index < -0.39 is 5.41 Å². The second-order valence-electron chi connectivity index (χ2n) is 11.7. The summed E-state index contributed by atoms with van der Waals surface area (Å²) in [6, 6.07) is 61.7. The molecule has 0 radical (unpaired) electrons. The minimum absolute atomic E-state index is 0.608. The maximum absolute atomic E-state index is 6.82. The van der Waals surface area contributed by atoms with Gasteiger partial charge in [-0.3, -0.25) is 0 Å². The molecule has 0 aliphatic carbocycles. The molecule has 46 heavy (non-hydrogen) atoms. The molecule has 0 N–H and O–H groups in total. The van der Waals surface area contributed by atoms with Crippen LogP contribution in [-0.4, -0.2) is 0 Å². The lowest BCUT2D eigenvalue weighted by molar-refractivity contribution is 0.385. The van der Waals surface area contributed by atoms with Gasteiger partial charge in [-0.15, -0.1) is 0 Å². The number of anilines is 3. The van der Waals surface area contributed by atoms with Crippen molar-refractivity contribution in [2.24, 2.45) is 0 Å². The normalized spacial score (nSPS) is 15.4. The first-order valence-electron chi connectivity index (χ1n) is 15.6. The molecule has 0 aromatic heterocycles. The van der Waals surface area contributed by atoms with Gasteiger partial charge in [-0.1, -0.05) is 121 Å². The van der Waals surface area contributed by atoms with E-state index in [9.17, 15) is 0 Å². The highest BCUT2D eigenvalue weighted by molar-refractivity contribution is 5.82. The third kappa shape index (κ3) is 3.99. The predicted molar refractivity (Wildman–Crippen MR) is 185 cm³/mol. The van der Waals surface area contributed by atoms with Crippen LogP contribution in [0.2, 0.25) is 0 Å². The zero-order chi connectivity index (χ0) is 30.5. The number of para-hydroxylation sites is 2. The Labute approximate surface area is 268 Å². The van der Waals surface area contributed by atoms with E-state index >= 15 is 0 Å². The van der Waals surface area contributed by atoms with E-state index in [4.69, 9.17) is 9.47 Å². The fraction of sp³-hybridized carbons (Fsp3) is 0.0233. The molecule has 7 aromatic rings. The van der Waals surface area contributed by atoms with Gasteiger partial charge in [0.15, 0.2) is 0 Å². The molecule has 3 heteroatoms. The van der Waals surface area contributed by atoms with Crippen LogP contribution in [0.5, 0.6) is 23.0 Å². The Bertz CT molecular complexity index is 2200. The van der Waals surface area contributed by atoms with Crippen LogP contribution in [0, 0.1) is 0 Å². The lowest BCUT2D eigenvalue weighted by Gasteiger charge is -2.45. The van der Waals surface area contributed by atoms with E-state index in [1.54, 1.807) is 0 Å². The topological polar surface area (TPSA) is 21.7 Å². The standard InChI is InChI=1S/C43H29NO2/c1-4-13-30(14-5-1)31-23-25-34(26-24-31)44(33-17-8-3-9-18-33)35-27-28-37-41(29-35)46-40-22-12-21-39-42(40)43(37,32-15-6-2-7-16-32)36-19-10-11-20-38(36)45-39/h1-29H. The van der Waals surface area contributed by atoms with Crippen molar-refractivity contribution in [3.05, 3.63) is 198 Å².